The van der Waals surface area contributed by atoms with E-state index in [1.807, 2.05) is 18.2 Å². The van der Waals surface area contributed by atoms with E-state index in [4.69, 9.17) is 4.74 Å². The van der Waals surface area contributed by atoms with Crippen molar-refractivity contribution in [3.8, 4) is 11.4 Å². The predicted molar refractivity (Wildman–Crippen MR) is 86.8 cm³/mol. The van der Waals surface area contributed by atoms with Crippen molar-refractivity contribution in [1.29, 1.82) is 0 Å². The molecular weight excluding hydrogens is 294 g/mol. The lowest BCUT2D eigenvalue weighted by molar-refractivity contribution is 0.177. The van der Waals surface area contributed by atoms with Crippen LogP contribution < -0.4 is 10.9 Å². The van der Waals surface area contributed by atoms with Crippen LogP contribution in [0.15, 0.2) is 53.9 Å². The number of hydrogen-bond acceptors (Lipinski definition) is 6. The van der Waals surface area contributed by atoms with E-state index >= 15 is 0 Å². The summed E-state index contributed by atoms with van der Waals surface area (Å²) >= 11 is 0. The normalized spacial score (nSPS) is 16.1. The van der Waals surface area contributed by atoms with Gasteiger partial charge in [-0.25, -0.2) is 15.0 Å². The highest BCUT2D eigenvalue weighted by Crippen LogP contribution is 2.13. The Labute approximate surface area is 133 Å². The first kappa shape index (κ1) is 15.0. The molecule has 0 bridgehead atoms. The van der Waals surface area contributed by atoms with Crippen LogP contribution in [0.25, 0.3) is 11.4 Å². The van der Waals surface area contributed by atoms with Gasteiger partial charge in [0.1, 0.15) is 12.4 Å². The fraction of sp³-hybridized carbons (Fsp3) is 0.250. The molecular formula is C16H17N5O2. The van der Waals surface area contributed by atoms with E-state index in [0.29, 0.717) is 23.9 Å². The van der Waals surface area contributed by atoms with Crippen LogP contribution in [0.2, 0.25) is 0 Å². The molecule has 1 aliphatic heterocycles. The molecule has 2 aromatic heterocycles. The van der Waals surface area contributed by atoms with Gasteiger partial charge in [0.05, 0.1) is 17.6 Å². The van der Waals surface area contributed by atoms with Gasteiger partial charge in [-0.2, -0.15) is 0 Å². The summed E-state index contributed by atoms with van der Waals surface area (Å²) in [6, 6.07) is 3.18. The second kappa shape index (κ2) is 6.87. The maximum atomic E-state index is 12.1. The third-order valence-electron chi connectivity index (χ3n) is 3.46. The van der Waals surface area contributed by atoms with Gasteiger partial charge in [0.2, 0.25) is 5.95 Å². The number of nitrogens with zero attached hydrogens (tertiary/aromatic N) is 4. The van der Waals surface area contributed by atoms with Crippen molar-refractivity contribution in [2.45, 2.75) is 12.5 Å². The Morgan fingerprint density at radius 1 is 1.35 bits per heavy atom. The van der Waals surface area contributed by atoms with E-state index in [0.717, 1.165) is 6.42 Å². The topological polar surface area (TPSA) is 81.9 Å². The molecule has 0 saturated carbocycles. The Morgan fingerprint density at radius 3 is 3.00 bits per heavy atom. The molecule has 0 saturated heterocycles. The number of hydrogen-bond donors (Lipinski definition) is 1. The molecule has 1 atom stereocenters. The number of rotatable bonds is 5. The Bertz CT molecular complexity index is 783. The summed E-state index contributed by atoms with van der Waals surface area (Å²) in [6.45, 7) is 0.635. The van der Waals surface area contributed by atoms with Crippen LogP contribution in [-0.4, -0.2) is 32.2 Å². The molecule has 0 radical (unpaired) electrons. The lowest BCUT2D eigenvalue weighted by Gasteiger charge is -2.16. The quantitative estimate of drug-likeness (QED) is 0.901. The average Bonchev–Trinajstić information content (AvgIpc) is 2.60. The Balaban J connectivity index is 1.73. The standard InChI is InChI=1S/C16H17N5O2/c1-21-15(22)10-14(13-6-7-17-11-19-13)20-16(21)18-8-5-12-4-2-3-9-23-12/h2-4,6-7,9-12H,5,8H2,1H3,(H,18,20). The van der Waals surface area contributed by atoms with Crippen LogP contribution in [0.1, 0.15) is 6.42 Å². The van der Waals surface area contributed by atoms with Gasteiger partial charge in [-0.05, 0) is 18.2 Å². The second-order valence-electron chi connectivity index (χ2n) is 5.06. The molecule has 7 heteroatoms. The van der Waals surface area contributed by atoms with Gasteiger partial charge in [0.25, 0.3) is 5.56 Å². The monoisotopic (exact) mass is 311 g/mol. The highest BCUT2D eigenvalue weighted by atomic mass is 16.5. The first-order valence-corrected chi connectivity index (χ1v) is 7.31. The zero-order valence-corrected chi connectivity index (χ0v) is 12.7. The minimum atomic E-state index is -0.146. The fourth-order valence-corrected chi connectivity index (χ4v) is 2.19. The van der Waals surface area contributed by atoms with E-state index < -0.39 is 0 Å². The lowest BCUT2D eigenvalue weighted by Crippen LogP contribution is -2.23. The third-order valence-corrected chi connectivity index (χ3v) is 3.46. The number of allylic oxidation sites excluding steroid dienone is 2. The van der Waals surface area contributed by atoms with Crippen LogP contribution in [0, 0.1) is 0 Å². The van der Waals surface area contributed by atoms with E-state index in [-0.39, 0.29) is 11.7 Å². The summed E-state index contributed by atoms with van der Waals surface area (Å²) in [4.78, 5) is 24.6. The summed E-state index contributed by atoms with van der Waals surface area (Å²) in [5.74, 6) is 0.501. The average molecular weight is 311 g/mol. The third kappa shape index (κ3) is 3.63. The van der Waals surface area contributed by atoms with Crippen molar-refractivity contribution < 1.29 is 4.74 Å². The van der Waals surface area contributed by atoms with Crippen molar-refractivity contribution >= 4 is 5.95 Å². The van der Waals surface area contributed by atoms with Gasteiger partial charge in [0, 0.05) is 32.3 Å². The maximum absolute atomic E-state index is 12.1. The first-order valence-electron chi connectivity index (χ1n) is 7.31. The van der Waals surface area contributed by atoms with E-state index in [9.17, 15) is 4.79 Å². The smallest absolute Gasteiger partial charge is 0.255 e. The summed E-state index contributed by atoms with van der Waals surface area (Å²) in [5, 5.41) is 3.18. The molecule has 0 aromatic carbocycles. The number of aromatic nitrogens is 4. The largest absolute Gasteiger partial charge is 0.494 e. The van der Waals surface area contributed by atoms with Gasteiger partial charge in [-0.3, -0.25) is 9.36 Å². The zero-order valence-electron chi connectivity index (χ0n) is 12.7. The highest BCUT2D eigenvalue weighted by molar-refractivity contribution is 5.54. The van der Waals surface area contributed by atoms with Crippen LogP contribution in [0.4, 0.5) is 5.95 Å². The molecule has 1 N–H and O–H groups in total. The number of nitrogens with one attached hydrogen (secondary N) is 1. The molecule has 23 heavy (non-hydrogen) atoms. The van der Waals surface area contributed by atoms with E-state index in [1.165, 1.54) is 17.0 Å². The van der Waals surface area contributed by atoms with Gasteiger partial charge in [-0.15, -0.1) is 0 Å². The summed E-state index contributed by atoms with van der Waals surface area (Å²) in [5.41, 5.74) is 0.993. The minimum Gasteiger partial charge on any atom is -0.494 e. The van der Waals surface area contributed by atoms with Gasteiger partial charge in [0.15, 0.2) is 0 Å². The van der Waals surface area contributed by atoms with E-state index in [2.05, 4.69) is 20.3 Å². The molecule has 1 aliphatic rings. The minimum absolute atomic E-state index is 0.0366. The fourth-order valence-electron chi connectivity index (χ4n) is 2.19. The zero-order chi connectivity index (χ0) is 16.1. The molecule has 118 valence electrons. The lowest BCUT2D eigenvalue weighted by atomic mass is 10.2. The second-order valence-corrected chi connectivity index (χ2v) is 5.06. The molecule has 0 aliphatic carbocycles. The van der Waals surface area contributed by atoms with Gasteiger partial charge >= 0.3 is 0 Å². The van der Waals surface area contributed by atoms with Crippen LogP contribution in [0.3, 0.4) is 0 Å². The van der Waals surface area contributed by atoms with Crippen LogP contribution in [-0.2, 0) is 11.8 Å². The number of ether oxygens (including phenoxy) is 1. The predicted octanol–water partition coefficient (Wildman–Crippen LogP) is 1.51. The van der Waals surface area contributed by atoms with Crippen molar-refractivity contribution in [2.75, 3.05) is 11.9 Å². The Kier molecular flexibility index (Phi) is 4.46. The van der Waals surface area contributed by atoms with Crippen LogP contribution >= 0.6 is 0 Å². The summed E-state index contributed by atoms with van der Waals surface area (Å²) in [6.07, 6.45) is 11.3. The molecule has 0 fully saturated rings. The molecule has 7 nitrogen and oxygen atoms in total. The van der Waals surface area contributed by atoms with Gasteiger partial charge < -0.3 is 10.1 Å². The molecule has 0 amide bonds. The van der Waals surface area contributed by atoms with Crippen molar-refractivity contribution in [2.24, 2.45) is 7.05 Å². The molecule has 0 spiro atoms. The Morgan fingerprint density at radius 2 is 2.26 bits per heavy atom. The van der Waals surface area contributed by atoms with Crippen LogP contribution in [0.5, 0.6) is 0 Å². The first-order chi connectivity index (χ1) is 11.2. The van der Waals surface area contributed by atoms with Crippen molar-refractivity contribution in [1.82, 2.24) is 19.5 Å². The molecule has 3 heterocycles. The highest BCUT2D eigenvalue weighted by Gasteiger charge is 2.10. The SMILES string of the molecule is Cn1c(NCCC2C=CC=CO2)nc(-c2ccncn2)cc1=O. The Hall–Kier alpha value is -2.96. The number of anilines is 1. The van der Waals surface area contributed by atoms with Crippen molar-refractivity contribution in [3.05, 3.63) is 59.5 Å². The maximum Gasteiger partial charge on any atom is 0.255 e. The molecule has 3 rings (SSSR count). The van der Waals surface area contributed by atoms with E-state index in [1.54, 1.807) is 25.6 Å². The molecule has 1 unspecified atom stereocenters. The van der Waals surface area contributed by atoms with Gasteiger partial charge in [-0.1, -0.05) is 6.08 Å². The summed E-state index contributed by atoms with van der Waals surface area (Å²) in [7, 11) is 1.68. The molecule has 2 aromatic rings. The summed E-state index contributed by atoms with van der Waals surface area (Å²) < 4.78 is 6.92. The van der Waals surface area contributed by atoms with Crippen molar-refractivity contribution in [3.63, 3.8) is 0 Å².